The number of hydrogen-bond acceptors (Lipinski definition) is 3. The molecular weight excluding hydrogens is 360 g/mol. The molecule has 3 heterocycles. The molecule has 3 nitrogen and oxygen atoms in total. The zero-order chi connectivity index (χ0) is 18.4. The van der Waals surface area contributed by atoms with Gasteiger partial charge in [0.15, 0.2) is 16.9 Å². The van der Waals surface area contributed by atoms with E-state index in [9.17, 15) is 0 Å². The Morgan fingerprint density at radius 2 is 1.10 bits per heavy atom. The second-order valence-corrected chi connectivity index (χ2v) is 8.17. The van der Waals surface area contributed by atoms with Crippen LogP contribution in [0.5, 0.6) is 11.5 Å². The van der Waals surface area contributed by atoms with Gasteiger partial charge in [0.05, 0.1) is 10.8 Å². The van der Waals surface area contributed by atoms with Crippen LogP contribution >= 0.6 is 0 Å². The van der Waals surface area contributed by atoms with Gasteiger partial charge >= 0.3 is 0 Å². The molecule has 0 saturated heterocycles. The van der Waals surface area contributed by atoms with Gasteiger partial charge in [0.1, 0.15) is 5.75 Å². The average molecular weight is 370 g/mol. The van der Waals surface area contributed by atoms with Crippen molar-refractivity contribution in [3.8, 4) is 11.5 Å². The average Bonchev–Trinajstić information content (AvgIpc) is 3.59. The molecule has 6 aromatic carbocycles. The summed E-state index contributed by atoms with van der Waals surface area (Å²) in [6.45, 7) is 0. The predicted octanol–water partition coefficient (Wildman–Crippen LogP) is 7.93. The van der Waals surface area contributed by atoms with Crippen LogP contribution in [0.15, 0.2) is 69.5 Å². The second kappa shape index (κ2) is 3.91. The van der Waals surface area contributed by atoms with Crippen molar-refractivity contribution in [2.24, 2.45) is 0 Å². The molecule has 8 aromatic rings. The largest absolute Gasteiger partial charge is 0.454 e. The Morgan fingerprint density at radius 1 is 0.448 bits per heavy atom. The molecule has 0 radical (unpaired) electrons. The molecule has 0 atom stereocenters. The molecule has 29 heavy (non-hydrogen) atoms. The van der Waals surface area contributed by atoms with Gasteiger partial charge in [-0.2, -0.15) is 0 Å². The van der Waals surface area contributed by atoms with Gasteiger partial charge in [-0.25, -0.2) is 0 Å². The molecule has 0 N–H and O–H groups in total. The smallest absolute Gasteiger partial charge is 0.217 e. The van der Waals surface area contributed by atoms with Gasteiger partial charge < -0.3 is 13.6 Å². The van der Waals surface area contributed by atoms with Gasteiger partial charge in [0, 0.05) is 10.8 Å². The Labute approximate surface area is 162 Å². The summed E-state index contributed by atoms with van der Waals surface area (Å²) >= 11 is 0. The molecule has 0 unspecified atom stereocenters. The Hall–Kier alpha value is -3.98. The van der Waals surface area contributed by atoms with Crippen LogP contribution in [0.1, 0.15) is 0 Å². The molecule has 2 aromatic heterocycles. The van der Waals surface area contributed by atoms with Crippen molar-refractivity contribution in [3.63, 3.8) is 0 Å². The molecule has 1 aliphatic heterocycles. The number of fused-ring (bicyclic) bond motifs is 11. The first kappa shape index (κ1) is 13.2. The lowest BCUT2D eigenvalue weighted by Gasteiger charge is -2.24. The number of rotatable bonds is 0. The molecular formula is C26H10O3. The number of ether oxygens (including phenoxy) is 1. The van der Waals surface area contributed by atoms with Crippen LogP contribution in [0.25, 0.3) is 76.2 Å². The third-order valence-electron chi connectivity index (χ3n) is 6.59. The minimum atomic E-state index is 0.888. The van der Waals surface area contributed by atoms with Gasteiger partial charge in [-0.3, -0.25) is 0 Å². The summed E-state index contributed by atoms with van der Waals surface area (Å²) in [7, 11) is 0. The highest BCUT2D eigenvalue weighted by Crippen LogP contribution is 2.59. The van der Waals surface area contributed by atoms with Crippen LogP contribution in [0.2, 0.25) is 0 Å². The fraction of sp³-hybridized carbons (Fsp3) is 0. The number of hydrogen-bond donors (Lipinski definition) is 0. The summed E-state index contributed by atoms with van der Waals surface area (Å²) in [5, 5.41) is 11.9. The van der Waals surface area contributed by atoms with E-state index in [2.05, 4.69) is 60.7 Å². The fourth-order valence-electron chi connectivity index (χ4n) is 5.12. The molecule has 0 bridgehead atoms. The van der Waals surface area contributed by atoms with Gasteiger partial charge in [-0.15, -0.1) is 0 Å². The van der Waals surface area contributed by atoms with Crippen LogP contribution in [0.3, 0.4) is 0 Å². The molecule has 0 aliphatic carbocycles. The van der Waals surface area contributed by atoms with Crippen LogP contribution < -0.4 is 4.74 Å². The SMILES string of the molecule is c1ccc2cc3cc4c5c6c(c7c(cc6cc4cc3cc2c1)c1oc1c1oc17)O5. The van der Waals surface area contributed by atoms with Crippen LogP contribution in [0, 0.1) is 0 Å². The van der Waals surface area contributed by atoms with Gasteiger partial charge in [0.2, 0.25) is 11.2 Å². The summed E-state index contributed by atoms with van der Waals surface area (Å²) in [6.07, 6.45) is 0. The summed E-state index contributed by atoms with van der Waals surface area (Å²) in [4.78, 5) is 0. The molecule has 0 fully saturated rings. The highest BCUT2D eigenvalue weighted by atomic mass is 16.5. The first-order chi connectivity index (χ1) is 14.3. The summed E-state index contributed by atoms with van der Waals surface area (Å²) < 4.78 is 17.6. The zero-order valence-electron chi connectivity index (χ0n) is 15.0. The summed E-state index contributed by atoms with van der Waals surface area (Å²) in [5.41, 5.74) is 3.65. The quantitative estimate of drug-likeness (QED) is 0.254. The molecule has 3 heteroatoms. The van der Waals surface area contributed by atoms with Crippen molar-refractivity contribution in [2.75, 3.05) is 0 Å². The molecule has 0 amide bonds. The Morgan fingerprint density at radius 3 is 1.97 bits per heavy atom. The predicted molar refractivity (Wildman–Crippen MR) is 116 cm³/mol. The highest BCUT2D eigenvalue weighted by molar-refractivity contribution is 6.32. The maximum absolute atomic E-state index is 6.30. The monoisotopic (exact) mass is 370 g/mol. The Bertz CT molecular complexity index is 1980. The van der Waals surface area contributed by atoms with Crippen LogP contribution in [-0.4, -0.2) is 0 Å². The third kappa shape index (κ3) is 1.41. The maximum atomic E-state index is 6.30. The van der Waals surface area contributed by atoms with Crippen molar-refractivity contribution >= 4 is 76.2 Å². The third-order valence-corrected chi connectivity index (χ3v) is 6.59. The van der Waals surface area contributed by atoms with E-state index in [-0.39, 0.29) is 0 Å². The highest BCUT2D eigenvalue weighted by Gasteiger charge is 2.34. The van der Waals surface area contributed by atoms with E-state index in [0.717, 1.165) is 50.0 Å². The van der Waals surface area contributed by atoms with Crippen molar-refractivity contribution in [3.05, 3.63) is 60.7 Å². The zero-order valence-corrected chi connectivity index (χ0v) is 15.0. The normalized spacial score (nSPS) is 13.8. The Kier molecular flexibility index (Phi) is 1.79. The summed E-state index contributed by atoms with van der Waals surface area (Å²) in [5.74, 6) is 1.91. The van der Waals surface area contributed by atoms with Crippen molar-refractivity contribution < 1.29 is 13.6 Å². The maximum Gasteiger partial charge on any atom is 0.217 e. The number of benzene rings is 6. The Balaban J connectivity index is 1.47. The van der Waals surface area contributed by atoms with E-state index in [1.54, 1.807) is 0 Å². The van der Waals surface area contributed by atoms with E-state index in [0.29, 0.717) is 0 Å². The van der Waals surface area contributed by atoms with E-state index < -0.39 is 0 Å². The van der Waals surface area contributed by atoms with Crippen molar-refractivity contribution in [1.82, 2.24) is 0 Å². The first-order valence-corrected chi connectivity index (χ1v) is 9.77. The van der Waals surface area contributed by atoms with Crippen molar-refractivity contribution in [2.45, 2.75) is 0 Å². The first-order valence-electron chi connectivity index (χ1n) is 9.77. The van der Waals surface area contributed by atoms with E-state index in [1.807, 2.05) is 0 Å². The minimum absolute atomic E-state index is 0.888. The minimum Gasteiger partial charge on any atom is -0.454 e. The fourth-order valence-corrected chi connectivity index (χ4v) is 5.12. The lowest BCUT2D eigenvalue weighted by molar-refractivity contribution is 0.473. The van der Waals surface area contributed by atoms with Gasteiger partial charge in [0.25, 0.3) is 0 Å². The standard InChI is InChI=1S/C26H10O3/c1-2-4-12-6-14-9-17-15(7-13(14)5-11(12)3-1)8-16-10-18-20(23-19(16)21(17)27-23)24-26(29-24)25-22(18)28-25/h1-10H. The second-order valence-electron chi connectivity index (χ2n) is 8.17. The van der Waals surface area contributed by atoms with Gasteiger partial charge in [-0.1, -0.05) is 24.3 Å². The molecule has 1 aliphatic rings. The molecule has 0 spiro atoms. The summed E-state index contributed by atoms with van der Waals surface area (Å²) in [6, 6.07) is 22.1. The van der Waals surface area contributed by atoms with Gasteiger partial charge in [-0.05, 0) is 68.7 Å². The molecule has 132 valence electrons. The van der Waals surface area contributed by atoms with E-state index >= 15 is 0 Å². The molecule has 9 rings (SSSR count). The van der Waals surface area contributed by atoms with Crippen molar-refractivity contribution in [1.29, 1.82) is 0 Å². The lowest BCUT2D eigenvalue weighted by Crippen LogP contribution is -2.00. The van der Waals surface area contributed by atoms with Crippen LogP contribution in [-0.2, 0) is 0 Å². The molecule has 0 saturated carbocycles. The van der Waals surface area contributed by atoms with E-state index in [4.69, 9.17) is 13.6 Å². The van der Waals surface area contributed by atoms with E-state index in [1.165, 1.54) is 37.7 Å². The van der Waals surface area contributed by atoms with Crippen LogP contribution in [0.4, 0.5) is 0 Å². The topological polar surface area (TPSA) is 35.5 Å². The lowest BCUT2D eigenvalue weighted by atomic mass is 9.92.